The van der Waals surface area contributed by atoms with Gasteiger partial charge in [-0.3, -0.25) is 9.58 Å². The number of rotatable bonds is 4. The summed E-state index contributed by atoms with van der Waals surface area (Å²) in [5, 5.41) is 8.26. The Labute approximate surface area is 103 Å². The maximum atomic E-state index is 5.49. The second-order valence-corrected chi connectivity index (χ2v) is 5.40. The predicted octanol–water partition coefficient (Wildman–Crippen LogP) is 0.715. The summed E-state index contributed by atoms with van der Waals surface area (Å²) in [6.45, 7) is 9.28. The van der Waals surface area contributed by atoms with Gasteiger partial charge in [-0.25, -0.2) is 0 Å². The van der Waals surface area contributed by atoms with Crippen LogP contribution in [-0.2, 0) is 13.1 Å². The van der Waals surface area contributed by atoms with E-state index in [-0.39, 0.29) is 0 Å². The molecule has 0 bridgehead atoms. The monoisotopic (exact) mass is 237 g/mol. The molecule has 1 aliphatic heterocycles. The van der Waals surface area contributed by atoms with Gasteiger partial charge in [0.1, 0.15) is 0 Å². The molecule has 0 spiro atoms. The van der Waals surface area contributed by atoms with Crippen LogP contribution in [0.2, 0.25) is 0 Å². The molecule has 96 valence electrons. The topological polar surface area (TPSA) is 60.0 Å². The Bertz CT molecular complexity index is 338. The molecular weight excluding hydrogens is 214 g/mol. The van der Waals surface area contributed by atoms with E-state index in [4.69, 9.17) is 5.73 Å². The molecule has 1 saturated heterocycles. The maximum Gasteiger partial charge on any atom is 0.0967 e. The van der Waals surface area contributed by atoms with Gasteiger partial charge in [0, 0.05) is 32.4 Å². The lowest BCUT2D eigenvalue weighted by atomic mass is 9.92. The van der Waals surface area contributed by atoms with Crippen LogP contribution in [0.3, 0.4) is 0 Å². The highest BCUT2D eigenvalue weighted by Gasteiger charge is 2.22. The standard InChI is InChI=1S/C12H23N5/c1-10-5-11(2)7-16(6-10)8-12-9-17(4-3-13)15-14-12/h9-11H,3-8,13H2,1-2H3. The Balaban J connectivity index is 1.90. The number of aromatic nitrogens is 3. The Morgan fingerprint density at radius 1 is 1.35 bits per heavy atom. The second kappa shape index (κ2) is 5.60. The summed E-state index contributed by atoms with van der Waals surface area (Å²) >= 11 is 0. The zero-order valence-corrected chi connectivity index (χ0v) is 10.8. The van der Waals surface area contributed by atoms with Gasteiger partial charge in [0.2, 0.25) is 0 Å². The molecule has 0 radical (unpaired) electrons. The third-order valence-corrected chi connectivity index (χ3v) is 3.27. The van der Waals surface area contributed by atoms with Crippen LogP contribution in [-0.4, -0.2) is 39.5 Å². The molecule has 1 aromatic heterocycles. The lowest BCUT2D eigenvalue weighted by molar-refractivity contribution is 0.133. The van der Waals surface area contributed by atoms with Crippen molar-refractivity contribution in [3.05, 3.63) is 11.9 Å². The molecule has 1 aliphatic rings. The molecule has 0 amide bonds. The summed E-state index contributed by atoms with van der Waals surface area (Å²) in [5.74, 6) is 1.58. The van der Waals surface area contributed by atoms with Gasteiger partial charge in [-0.2, -0.15) is 0 Å². The first-order valence-corrected chi connectivity index (χ1v) is 6.48. The Hall–Kier alpha value is -0.940. The number of nitrogens with zero attached hydrogens (tertiary/aromatic N) is 4. The van der Waals surface area contributed by atoms with Crippen molar-refractivity contribution in [1.82, 2.24) is 19.9 Å². The van der Waals surface area contributed by atoms with E-state index in [0.717, 1.165) is 30.6 Å². The Morgan fingerprint density at radius 2 is 2.06 bits per heavy atom. The lowest BCUT2D eigenvalue weighted by Gasteiger charge is -2.34. The summed E-state index contributed by atoms with van der Waals surface area (Å²) in [4.78, 5) is 2.48. The van der Waals surface area contributed by atoms with Crippen molar-refractivity contribution < 1.29 is 0 Å². The smallest absolute Gasteiger partial charge is 0.0967 e. The summed E-state index contributed by atoms with van der Waals surface area (Å²) in [6, 6.07) is 0. The molecule has 1 fully saturated rings. The van der Waals surface area contributed by atoms with Crippen molar-refractivity contribution >= 4 is 0 Å². The molecular formula is C12H23N5. The van der Waals surface area contributed by atoms with Crippen molar-refractivity contribution in [2.24, 2.45) is 17.6 Å². The van der Waals surface area contributed by atoms with E-state index < -0.39 is 0 Å². The molecule has 5 nitrogen and oxygen atoms in total. The van der Waals surface area contributed by atoms with Crippen LogP contribution in [0, 0.1) is 11.8 Å². The maximum absolute atomic E-state index is 5.49. The summed E-state index contributed by atoms with van der Waals surface area (Å²) in [6.07, 6.45) is 3.35. The highest BCUT2D eigenvalue weighted by Crippen LogP contribution is 2.21. The molecule has 5 heteroatoms. The van der Waals surface area contributed by atoms with E-state index in [1.54, 1.807) is 0 Å². The van der Waals surface area contributed by atoms with Crippen LogP contribution in [0.5, 0.6) is 0 Å². The van der Waals surface area contributed by atoms with Crippen LogP contribution in [0.15, 0.2) is 6.20 Å². The zero-order chi connectivity index (χ0) is 12.3. The predicted molar refractivity (Wildman–Crippen MR) is 67.3 cm³/mol. The van der Waals surface area contributed by atoms with Gasteiger partial charge >= 0.3 is 0 Å². The van der Waals surface area contributed by atoms with E-state index in [1.165, 1.54) is 19.5 Å². The van der Waals surface area contributed by atoms with E-state index in [0.29, 0.717) is 6.54 Å². The molecule has 0 aliphatic carbocycles. The van der Waals surface area contributed by atoms with Gasteiger partial charge in [0.25, 0.3) is 0 Å². The van der Waals surface area contributed by atoms with Crippen molar-refractivity contribution in [3.63, 3.8) is 0 Å². The fraction of sp³-hybridized carbons (Fsp3) is 0.833. The van der Waals surface area contributed by atoms with Gasteiger partial charge in [-0.15, -0.1) is 5.10 Å². The normalized spacial score (nSPS) is 26.3. The Morgan fingerprint density at radius 3 is 2.71 bits per heavy atom. The molecule has 2 heterocycles. The van der Waals surface area contributed by atoms with E-state index in [2.05, 4.69) is 29.1 Å². The molecule has 2 unspecified atom stereocenters. The first-order valence-electron chi connectivity index (χ1n) is 6.48. The molecule has 2 N–H and O–H groups in total. The van der Waals surface area contributed by atoms with E-state index in [9.17, 15) is 0 Å². The fourth-order valence-corrected chi connectivity index (χ4v) is 2.80. The SMILES string of the molecule is CC1CC(C)CN(Cc2cn(CCN)nn2)C1. The molecule has 0 aromatic carbocycles. The average Bonchev–Trinajstić information content (AvgIpc) is 2.64. The number of hydrogen-bond donors (Lipinski definition) is 1. The highest BCUT2D eigenvalue weighted by atomic mass is 15.4. The molecule has 0 saturated carbocycles. The highest BCUT2D eigenvalue weighted by molar-refractivity contribution is 4.93. The van der Waals surface area contributed by atoms with Crippen molar-refractivity contribution in [2.45, 2.75) is 33.4 Å². The quantitative estimate of drug-likeness (QED) is 0.838. The number of nitrogens with two attached hydrogens (primary N) is 1. The molecule has 17 heavy (non-hydrogen) atoms. The minimum atomic E-state index is 0.612. The largest absolute Gasteiger partial charge is 0.329 e. The number of hydrogen-bond acceptors (Lipinski definition) is 4. The first kappa shape index (κ1) is 12.5. The molecule has 2 atom stereocenters. The third kappa shape index (κ3) is 3.51. The summed E-state index contributed by atoms with van der Waals surface area (Å²) in [7, 11) is 0. The fourth-order valence-electron chi connectivity index (χ4n) is 2.80. The van der Waals surface area contributed by atoms with E-state index in [1.807, 2.05) is 10.9 Å². The first-order chi connectivity index (χ1) is 8.17. The Kier molecular flexibility index (Phi) is 4.12. The third-order valence-electron chi connectivity index (χ3n) is 3.27. The molecule has 2 rings (SSSR count). The number of likely N-dealkylation sites (tertiary alicyclic amines) is 1. The van der Waals surface area contributed by atoms with Crippen LogP contribution in [0.1, 0.15) is 26.0 Å². The van der Waals surface area contributed by atoms with Crippen LogP contribution >= 0.6 is 0 Å². The van der Waals surface area contributed by atoms with Gasteiger partial charge in [0.05, 0.1) is 12.2 Å². The zero-order valence-electron chi connectivity index (χ0n) is 10.8. The van der Waals surface area contributed by atoms with Gasteiger partial charge in [-0.05, 0) is 18.3 Å². The van der Waals surface area contributed by atoms with Gasteiger partial charge < -0.3 is 5.73 Å². The van der Waals surface area contributed by atoms with Gasteiger partial charge in [0.15, 0.2) is 0 Å². The summed E-state index contributed by atoms with van der Waals surface area (Å²) in [5.41, 5.74) is 6.55. The average molecular weight is 237 g/mol. The second-order valence-electron chi connectivity index (χ2n) is 5.40. The van der Waals surface area contributed by atoms with Crippen molar-refractivity contribution in [3.8, 4) is 0 Å². The van der Waals surface area contributed by atoms with Crippen LogP contribution in [0.4, 0.5) is 0 Å². The van der Waals surface area contributed by atoms with Gasteiger partial charge in [-0.1, -0.05) is 19.1 Å². The number of piperidine rings is 1. The minimum absolute atomic E-state index is 0.612. The molecule has 1 aromatic rings. The van der Waals surface area contributed by atoms with Crippen LogP contribution < -0.4 is 5.73 Å². The lowest BCUT2D eigenvalue weighted by Crippen LogP contribution is -2.38. The minimum Gasteiger partial charge on any atom is -0.329 e. The van der Waals surface area contributed by atoms with E-state index >= 15 is 0 Å². The van der Waals surface area contributed by atoms with Crippen LogP contribution in [0.25, 0.3) is 0 Å². The van der Waals surface area contributed by atoms with Crippen molar-refractivity contribution in [1.29, 1.82) is 0 Å². The van der Waals surface area contributed by atoms with Crippen molar-refractivity contribution in [2.75, 3.05) is 19.6 Å². The summed E-state index contributed by atoms with van der Waals surface area (Å²) < 4.78 is 1.83.